The molecule has 1 aliphatic heterocycles. The van der Waals surface area contributed by atoms with Gasteiger partial charge >= 0.3 is 0 Å². The number of ether oxygens (including phenoxy) is 1. The van der Waals surface area contributed by atoms with Gasteiger partial charge in [-0.05, 0) is 30.2 Å². The molecular weight excluding hydrogens is 364 g/mol. The van der Waals surface area contributed by atoms with Crippen molar-refractivity contribution in [2.24, 2.45) is 0 Å². The first-order chi connectivity index (χ1) is 14.2. The lowest BCUT2D eigenvalue weighted by Gasteiger charge is -2.17. The average molecular weight is 386 g/mol. The minimum Gasteiger partial charge on any atom is -0.484 e. The minimum atomic E-state index is -0.240. The lowest BCUT2D eigenvalue weighted by atomic mass is 10.0. The summed E-state index contributed by atoms with van der Waals surface area (Å²) in [6, 6.07) is 24.9. The van der Waals surface area contributed by atoms with E-state index in [-0.39, 0.29) is 18.4 Å². The molecule has 3 aromatic carbocycles. The zero-order valence-corrected chi connectivity index (χ0v) is 16.0. The van der Waals surface area contributed by atoms with Gasteiger partial charge in [-0.25, -0.2) is 0 Å². The summed E-state index contributed by atoms with van der Waals surface area (Å²) in [6.45, 7) is 0.611. The minimum absolute atomic E-state index is 0.111. The summed E-state index contributed by atoms with van der Waals surface area (Å²) in [5.41, 5.74) is 3.53. The Bertz CT molecular complexity index is 1020. The number of amides is 2. The van der Waals surface area contributed by atoms with Crippen molar-refractivity contribution >= 4 is 23.2 Å². The van der Waals surface area contributed by atoms with E-state index in [0.717, 1.165) is 35.5 Å². The first-order valence-electron chi connectivity index (χ1n) is 9.68. The van der Waals surface area contributed by atoms with Crippen molar-refractivity contribution in [3.63, 3.8) is 0 Å². The lowest BCUT2D eigenvalue weighted by Crippen LogP contribution is -2.24. The maximum Gasteiger partial charge on any atom is 0.262 e. The maximum absolute atomic E-state index is 12.5. The number of carbonyl (C=O) groups excluding carboxylic acids is 2. The summed E-state index contributed by atoms with van der Waals surface area (Å²) in [6.07, 6.45) is 1.45. The molecule has 0 bridgehead atoms. The molecule has 146 valence electrons. The van der Waals surface area contributed by atoms with Crippen molar-refractivity contribution in [1.82, 2.24) is 0 Å². The Morgan fingerprint density at radius 2 is 1.76 bits per heavy atom. The quantitative estimate of drug-likeness (QED) is 0.679. The van der Waals surface area contributed by atoms with E-state index in [4.69, 9.17) is 4.74 Å². The highest BCUT2D eigenvalue weighted by atomic mass is 16.5. The third-order valence-corrected chi connectivity index (χ3v) is 4.86. The standard InChI is InChI=1S/C24H22N2O3/c27-23(25-22-13-5-4-12-21(22)18-8-2-1-3-9-18)17-29-20-11-6-10-19(16-20)26-15-7-14-24(26)28/h1-6,8-13,16H,7,14-15,17H2,(H,25,27). The first-order valence-corrected chi connectivity index (χ1v) is 9.68. The van der Waals surface area contributed by atoms with E-state index in [0.29, 0.717) is 12.2 Å². The molecule has 29 heavy (non-hydrogen) atoms. The van der Waals surface area contributed by atoms with Crippen LogP contribution >= 0.6 is 0 Å². The van der Waals surface area contributed by atoms with Gasteiger partial charge in [-0.1, -0.05) is 54.6 Å². The molecule has 1 N–H and O–H groups in total. The van der Waals surface area contributed by atoms with E-state index in [2.05, 4.69) is 5.32 Å². The van der Waals surface area contributed by atoms with E-state index in [1.54, 1.807) is 17.0 Å². The van der Waals surface area contributed by atoms with Gasteiger partial charge < -0.3 is 15.0 Å². The number of nitrogens with zero attached hydrogens (tertiary/aromatic N) is 1. The third kappa shape index (κ3) is 4.46. The molecule has 0 aliphatic carbocycles. The van der Waals surface area contributed by atoms with Gasteiger partial charge in [0.05, 0.1) is 0 Å². The van der Waals surface area contributed by atoms with Crippen LogP contribution in [0.25, 0.3) is 11.1 Å². The molecule has 0 saturated carbocycles. The maximum atomic E-state index is 12.5. The first kappa shape index (κ1) is 18.7. The van der Waals surface area contributed by atoms with Crippen molar-refractivity contribution in [2.45, 2.75) is 12.8 Å². The van der Waals surface area contributed by atoms with Crippen LogP contribution < -0.4 is 15.0 Å². The fourth-order valence-electron chi connectivity index (χ4n) is 3.46. The van der Waals surface area contributed by atoms with Crippen LogP contribution in [0.1, 0.15) is 12.8 Å². The van der Waals surface area contributed by atoms with Crippen LogP contribution in [0.15, 0.2) is 78.9 Å². The number of rotatable bonds is 6. The molecule has 1 heterocycles. The van der Waals surface area contributed by atoms with Crippen LogP contribution in [0.5, 0.6) is 5.75 Å². The summed E-state index contributed by atoms with van der Waals surface area (Å²) in [4.78, 5) is 26.1. The summed E-state index contributed by atoms with van der Waals surface area (Å²) >= 11 is 0. The number of para-hydroxylation sites is 1. The molecule has 0 atom stereocenters. The zero-order chi connectivity index (χ0) is 20.1. The van der Waals surface area contributed by atoms with Crippen LogP contribution in [0.3, 0.4) is 0 Å². The zero-order valence-electron chi connectivity index (χ0n) is 16.0. The molecule has 2 amide bonds. The molecule has 1 fully saturated rings. The topological polar surface area (TPSA) is 58.6 Å². The van der Waals surface area contributed by atoms with Gasteiger partial charge in [-0.2, -0.15) is 0 Å². The van der Waals surface area contributed by atoms with E-state index in [1.807, 2.05) is 66.7 Å². The van der Waals surface area contributed by atoms with Crippen LogP contribution in [0, 0.1) is 0 Å². The fourth-order valence-corrected chi connectivity index (χ4v) is 3.46. The van der Waals surface area contributed by atoms with Crippen LogP contribution in [-0.4, -0.2) is 25.0 Å². The monoisotopic (exact) mass is 386 g/mol. The number of hydrogen-bond donors (Lipinski definition) is 1. The van der Waals surface area contributed by atoms with Crippen molar-refractivity contribution in [1.29, 1.82) is 0 Å². The molecular formula is C24H22N2O3. The number of nitrogens with one attached hydrogen (secondary N) is 1. The van der Waals surface area contributed by atoms with E-state index in [1.165, 1.54) is 0 Å². The van der Waals surface area contributed by atoms with Crippen molar-refractivity contribution in [3.05, 3.63) is 78.9 Å². The van der Waals surface area contributed by atoms with Gasteiger partial charge in [0.25, 0.3) is 5.91 Å². The van der Waals surface area contributed by atoms with Gasteiger partial charge in [-0.3, -0.25) is 9.59 Å². The van der Waals surface area contributed by atoms with Crippen LogP contribution in [0.2, 0.25) is 0 Å². The predicted molar refractivity (Wildman–Crippen MR) is 114 cm³/mol. The molecule has 4 rings (SSSR count). The molecule has 1 aliphatic rings. The molecule has 5 nitrogen and oxygen atoms in total. The highest BCUT2D eigenvalue weighted by molar-refractivity contribution is 5.97. The van der Waals surface area contributed by atoms with E-state index in [9.17, 15) is 9.59 Å². The van der Waals surface area contributed by atoms with Crippen molar-refractivity contribution in [2.75, 3.05) is 23.4 Å². The Balaban J connectivity index is 1.41. The number of benzene rings is 3. The number of anilines is 2. The van der Waals surface area contributed by atoms with Crippen molar-refractivity contribution < 1.29 is 14.3 Å². The summed E-state index contributed by atoms with van der Waals surface area (Å²) in [5, 5.41) is 2.93. The van der Waals surface area contributed by atoms with E-state index < -0.39 is 0 Å². The molecule has 1 saturated heterocycles. The Hall–Kier alpha value is -3.60. The lowest BCUT2D eigenvalue weighted by molar-refractivity contribution is -0.118. The van der Waals surface area contributed by atoms with Crippen LogP contribution in [-0.2, 0) is 9.59 Å². The van der Waals surface area contributed by atoms with Gasteiger partial charge in [0.1, 0.15) is 5.75 Å². The summed E-state index contributed by atoms with van der Waals surface area (Å²) in [5.74, 6) is 0.446. The van der Waals surface area contributed by atoms with Gasteiger partial charge in [0, 0.05) is 36.0 Å². The molecule has 0 aromatic heterocycles. The molecule has 3 aromatic rings. The highest BCUT2D eigenvalue weighted by Gasteiger charge is 2.21. The van der Waals surface area contributed by atoms with Crippen LogP contribution in [0.4, 0.5) is 11.4 Å². The summed E-state index contributed by atoms with van der Waals surface area (Å²) in [7, 11) is 0. The number of carbonyl (C=O) groups is 2. The second-order valence-electron chi connectivity index (χ2n) is 6.89. The Labute approximate surface area is 169 Å². The Morgan fingerprint density at radius 1 is 0.966 bits per heavy atom. The Kier molecular flexibility index (Phi) is 5.56. The Morgan fingerprint density at radius 3 is 2.55 bits per heavy atom. The van der Waals surface area contributed by atoms with Gasteiger partial charge in [0.2, 0.25) is 5.91 Å². The second kappa shape index (κ2) is 8.61. The highest BCUT2D eigenvalue weighted by Crippen LogP contribution is 2.28. The fraction of sp³-hybridized carbons (Fsp3) is 0.167. The molecule has 5 heteroatoms. The van der Waals surface area contributed by atoms with Crippen molar-refractivity contribution in [3.8, 4) is 16.9 Å². The van der Waals surface area contributed by atoms with Gasteiger partial charge in [0.15, 0.2) is 6.61 Å². The smallest absolute Gasteiger partial charge is 0.262 e. The van der Waals surface area contributed by atoms with Gasteiger partial charge in [-0.15, -0.1) is 0 Å². The predicted octanol–water partition coefficient (Wildman–Crippen LogP) is 4.50. The second-order valence-corrected chi connectivity index (χ2v) is 6.89. The largest absolute Gasteiger partial charge is 0.484 e. The number of hydrogen-bond acceptors (Lipinski definition) is 3. The molecule has 0 radical (unpaired) electrons. The molecule has 0 unspecified atom stereocenters. The third-order valence-electron chi connectivity index (χ3n) is 4.86. The van der Waals surface area contributed by atoms with E-state index >= 15 is 0 Å². The average Bonchev–Trinajstić information content (AvgIpc) is 3.19. The summed E-state index contributed by atoms with van der Waals surface area (Å²) < 4.78 is 5.67. The SMILES string of the molecule is O=C(COc1cccc(N2CCCC2=O)c1)Nc1ccccc1-c1ccccc1. The molecule has 0 spiro atoms. The normalized spacial score (nSPS) is 13.4.